The Labute approximate surface area is 366 Å². The van der Waals surface area contributed by atoms with Crippen molar-refractivity contribution in [2.45, 2.75) is 143 Å². The number of alkyl halides is 3. The minimum Gasteiger partial charge on any atom is -0.337 e. The molecule has 5 aromatic rings. The maximum absolute atomic E-state index is 14.7. The fourth-order valence-electron chi connectivity index (χ4n) is 10.8. The second-order valence-corrected chi connectivity index (χ2v) is 21.5. The number of aliphatic imine (C=N–C) groups is 2. The van der Waals surface area contributed by atoms with E-state index in [4.69, 9.17) is 4.99 Å². The van der Waals surface area contributed by atoms with Gasteiger partial charge in [-0.2, -0.15) is 0 Å². The summed E-state index contributed by atoms with van der Waals surface area (Å²) >= 11 is 4.64. The predicted molar refractivity (Wildman–Crippen MR) is 243 cm³/mol. The van der Waals surface area contributed by atoms with Crippen LogP contribution in [0, 0.1) is 41.4 Å². The van der Waals surface area contributed by atoms with Crippen LogP contribution in [0.15, 0.2) is 22.1 Å². The topological polar surface area (TPSA) is 103 Å². The lowest BCUT2D eigenvalue weighted by Crippen LogP contribution is -2.35. The van der Waals surface area contributed by atoms with E-state index < -0.39 is 53.8 Å². The molecule has 0 amide bonds. The highest BCUT2D eigenvalue weighted by Crippen LogP contribution is 2.52. The largest absolute Gasteiger partial charge is 0.337 e. The molecule has 0 radical (unpaired) electrons. The van der Waals surface area contributed by atoms with Crippen LogP contribution < -0.4 is 0 Å². The molecule has 14 heteroatoms. The summed E-state index contributed by atoms with van der Waals surface area (Å²) in [6, 6.07) is 4.01. The van der Waals surface area contributed by atoms with Crippen LogP contribution in [0.2, 0.25) is 0 Å². The van der Waals surface area contributed by atoms with Crippen molar-refractivity contribution >= 4 is 119 Å². The normalized spacial score (nSPS) is 28.7. The summed E-state index contributed by atoms with van der Waals surface area (Å²) < 4.78 is 52.7. The number of halogens is 3. The van der Waals surface area contributed by atoms with E-state index in [0.717, 1.165) is 105 Å². The van der Waals surface area contributed by atoms with Crippen molar-refractivity contribution in [1.29, 1.82) is 0 Å². The van der Waals surface area contributed by atoms with Gasteiger partial charge in [0.25, 0.3) is 0 Å². The smallest absolute Gasteiger partial charge is 0.188 e. The van der Waals surface area contributed by atoms with Gasteiger partial charge in [0.05, 0.1) is 40.9 Å². The first-order chi connectivity index (χ1) is 29.4. The van der Waals surface area contributed by atoms with E-state index in [0.29, 0.717) is 28.3 Å². The molecule has 0 aliphatic heterocycles. The molecule has 4 saturated carbocycles. The van der Waals surface area contributed by atoms with Crippen molar-refractivity contribution in [2.24, 2.45) is 51.4 Å². The van der Waals surface area contributed by atoms with Crippen LogP contribution in [-0.2, 0) is 32.3 Å². The van der Waals surface area contributed by atoms with E-state index in [1.165, 1.54) is 22.7 Å². The van der Waals surface area contributed by atoms with Gasteiger partial charge in [-0.25, -0.2) is 23.2 Å². The molecule has 10 atom stereocenters. The second kappa shape index (κ2) is 16.9. The van der Waals surface area contributed by atoms with Crippen LogP contribution in [0.25, 0.3) is 40.9 Å². The highest BCUT2D eigenvalue weighted by Gasteiger charge is 2.53. The van der Waals surface area contributed by atoms with E-state index >= 15 is 0 Å². The van der Waals surface area contributed by atoms with E-state index in [1.807, 2.05) is 19.1 Å². The van der Waals surface area contributed by atoms with Crippen LogP contribution in [-0.4, -0.2) is 62.2 Å². The number of nitrogens with zero attached hydrogens (tertiary/aromatic N) is 4. The molecule has 0 N–H and O–H groups in total. The Morgan fingerprint density at radius 2 is 0.984 bits per heavy atom. The van der Waals surface area contributed by atoms with Crippen molar-refractivity contribution in [3.63, 3.8) is 0 Å². The molecule has 4 aliphatic carbocycles. The molecular formula is C47H55F3N4O4S3. The van der Waals surface area contributed by atoms with Crippen molar-refractivity contribution in [1.82, 2.24) is 9.13 Å². The molecule has 10 unspecified atom stereocenters. The quantitative estimate of drug-likeness (QED) is 0.111. The number of unbranched alkanes of at least 4 members (excludes halogenated alkanes) is 2. The Morgan fingerprint density at radius 3 is 1.38 bits per heavy atom. The van der Waals surface area contributed by atoms with Gasteiger partial charge in [-0.05, 0) is 68.4 Å². The Kier molecular flexibility index (Phi) is 11.9. The molecule has 0 bridgehead atoms. The first-order valence-corrected chi connectivity index (χ1v) is 25.1. The molecule has 0 saturated heterocycles. The fraction of sp³-hybridized carbons (Fsp3) is 0.617. The monoisotopic (exact) mass is 892 g/mol. The lowest BCUT2D eigenvalue weighted by Gasteiger charge is -2.30. The molecule has 0 aromatic carbocycles. The molecule has 0 spiro atoms. The highest BCUT2D eigenvalue weighted by molar-refractivity contribution is 7.35. The average molecular weight is 893 g/mol. The molecule has 5 aromatic heterocycles. The highest BCUT2D eigenvalue weighted by atomic mass is 32.1. The zero-order valence-electron chi connectivity index (χ0n) is 35.6. The molecule has 5 heterocycles. The lowest BCUT2D eigenvalue weighted by atomic mass is 9.75. The Morgan fingerprint density at radius 1 is 0.590 bits per heavy atom. The number of hydrogen-bond donors (Lipinski definition) is 0. The molecule has 4 fully saturated rings. The summed E-state index contributed by atoms with van der Waals surface area (Å²) in [7, 11) is 0. The van der Waals surface area contributed by atoms with Crippen LogP contribution in [0.4, 0.5) is 23.2 Å². The van der Waals surface area contributed by atoms with E-state index in [1.54, 1.807) is 11.3 Å². The number of ketones is 4. The summed E-state index contributed by atoms with van der Waals surface area (Å²) in [5, 5.41) is 1.12. The van der Waals surface area contributed by atoms with Crippen LogP contribution in [0.1, 0.15) is 112 Å². The molecule has 8 nitrogen and oxygen atoms in total. The Bertz CT molecular complexity index is 2390. The third kappa shape index (κ3) is 7.22. The predicted octanol–water partition coefficient (Wildman–Crippen LogP) is 12.7. The van der Waals surface area contributed by atoms with Crippen LogP contribution in [0.3, 0.4) is 0 Å². The number of hydrogen-bond acceptors (Lipinski definition) is 9. The van der Waals surface area contributed by atoms with Gasteiger partial charge in [0.15, 0.2) is 34.6 Å². The number of carbonyl (C=O) groups excluding carboxylic acids is 4. The third-order valence-electron chi connectivity index (χ3n) is 14.5. The molecular weight excluding hydrogens is 838 g/mol. The maximum Gasteiger partial charge on any atom is 0.188 e. The lowest BCUT2D eigenvalue weighted by molar-refractivity contribution is -0.123. The summed E-state index contributed by atoms with van der Waals surface area (Å²) in [6.07, 6.45) is 3.88. The van der Waals surface area contributed by atoms with Gasteiger partial charge in [-0.15, -0.1) is 34.0 Å². The van der Waals surface area contributed by atoms with Gasteiger partial charge >= 0.3 is 0 Å². The zero-order chi connectivity index (χ0) is 43.0. The summed E-state index contributed by atoms with van der Waals surface area (Å²) in [5.41, 5.74) is 4.10. The van der Waals surface area contributed by atoms with Gasteiger partial charge in [-0.3, -0.25) is 19.2 Å². The third-order valence-corrected chi connectivity index (χ3v) is 18.1. The van der Waals surface area contributed by atoms with Crippen molar-refractivity contribution in [2.75, 3.05) is 0 Å². The van der Waals surface area contributed by atoms with Gasteiger partial charge in [-0.1, -0.05) is 73.1 Å². The second-order valence-electron chi connectivity index (χ2n) is 18.4. The molecule has 4 aliphatic rings. The Balaban J connectivity index is 1.20. The van der Waals surface area contributed by atoms with E-state index in [9.17, 15) is 32.3 Å². The van der Waals surface area contributed by atoms with Gasteiger partial charge < -0.3 is 9.13 Å². The number of fused-ring (bicyclic) bond motifs is 9. The summed E-state index contributed by atoms with van der Waals surface area (Å²) in [4.78, 5) is 63.6. The van der Waals surface area contributed by atoms with Crippen molar-refractivity contribution in [3.8, 4) is 0 Å². The van der Waals surface area contributed by atoms with Gasteiger partial charge in [0.1, 0.15) is 28.5 Å². The molecule has 9 rings (SSSR count). The zero-order valence-corrected chi connectivity index (χ0v) is 38.1. The molecule has 326 valence electrons. The van der Waals surface area contributed by atoms with Crippen LogP contribution in [0.5, 0.6) is 0 Å². The van der Waals surface area contributed by atoms with Crippen molar-refractivity contribution < 1.29 is 32.3 Å². The number of carbonyl (C=O) groups is 4. The minimum atomic E-state index is -1.76. The maximum atomic E-state index is 14.7. The molecule has 61 heavy (non-hydrogen) atoms. The summed E-state index contributed by atoms with van der Waals surface area (Å²) in [5.74, 6) is -3.85. The van der Waals surface area contributed by atoms with Crippen molar-refractivity contribution in [3.05, 3.63) is 12.1 Å². The number of thiophene rings is 3. The van der Waals surface area contributed by atoms with Gasteiger partial charge in [0.2, 0.25) is 0 Å². The first kappa shape index (κ1) is 42.8. The SMILES string of the molecule is CCCCC(CC)Cn1c2cc(N=C3C(=O)C4CC(C)C(F)CC4C3=O)sc2c2sc3c4sc(N=C5C(=O)C6CC(F)C(F)CC6C5=O)cc4n(CC(CC)CCCC)c3c21. The van der Waals surface area contributed by atoms with Crippen LogP contribution >= 0.6 is 34.0 Å². The van der Waals surface area contributed by atoms with E-state index in [-0.39, 0.29) is 48.2 Å². The standard InChI is InChI=1S/C47H55F3N4O4S3/c1-6-10-12-23(8-3)20-53-32-18-34(51-36-40(55)25-14-22(5)29(48)15-26(25)41(36)56)59-44(32)46-38(53)39-47(61-46)45-33(54(39)21-24(9-4)13-11-7-2)19-35(60-45)52-37-42(57)27-16-30(49)31(50)17-28(27)43(37)58/h18-19,22-31H,6-17,20-21H2,1-5H3. The Hall–Kier alpha value is -3.49. The number of rotatable bonds is 14. The average Bonchev–Trinajstić information content (AvgIpc) is 4.10. The number of Topliss-reactive ketones (excluding diaryl/α,β-unsaturated/α-hetero) is 4. The number of aromatic nitrogens is 2. The minimum absolute atomic E-state index is 0.0419. The first-order valence-electron chi connectivity index (χ1n) is 22.6. The fourth-order valence-corrected chi connectivity index (χ4v) is 14.4. The van der Waals surface area contributed by atoms with Gasteiger partial charge in [0, 0.05) is 36.8 Å². The summed E-state index contributed by atoms with van der Waals surface area (Å²) in [6.45, 7) is 12.3. The van der Waals surface area contributed by atoms with E-state index in [2.05, 4.69) is 41.8 Å².